The van der Waals surface area contributed by atoms with Crippen molar-refractivity contribution in [1.82, 2.24) is 14.7 Å². The van der Waals surface area contributed by atoms with Crippen LogP contribution in [0.4, 0.5) is 0 Å². The van der Waals surface area contributed by atoms with E-state index >= 15 is 0 Å². The van der Waals surface area contributed by atoms with Crippen molar-refractivity contribution in [3.8, 4) is 0 Å². The largest absolute Gasteiger partial charge is 1.00 e. The number of carbonyl (C=O) groups excluding carboxylic acids is 3. The summed E-state index contributed by atoms with van der Waals surface area (Å²) in [5, 5.41) is 0. The van der Waals surface area contributed by atoms with Crippen molar-refractivity contribution in [1.29, 1.82) is 0 Å². The van der Waals surface area contributed by atoms with Crippen LogP contribution in [0.25, 0.3) is 0 Å². The van der Waals surface area contributed by atoms with Crippen LogP contribution in [0.5, 0.6) is 0 Å². The van der Waals surface area contributed by atoms with Crippen LogP contribution in [0.2, 0.25) is 0 Å². The molecule has 1 fully saturated rings. The summed E-state index contributed by atoms with van der Waals surface area (Å²) in [6.07, 6.45) is 0. The van der Waals surface area contributed by atoms with Gasteiger partial charge in [-0.15, -0.1) is 0 Å². The zero-order chi connectivity index (χ0) is 15.0. The second kappa shape index (κ2) is 6.46. The number of hydrogen-bond acceptors (Lipinski definition) is 4. The number of fused-ring (bicyclic) bond motifs is 1. The highest BCUT2D eigenvalue weighted by molar-refractivity contribution is 6.22. The molecule has 0 N–H and O–H groups in total. The van der Waals surface area contributed by atoms with Crippen LogP contribution in [0.15, 0.2) is 24.3 Å². The molecule has 3 rings (SSSR count). The standard InChI is InChI=1S/C15H17N3O3.ClH/c1-16-6-8-17(9-7-16)13(19)10-18-14(20)11-4-2-3-5-12(11)15(18)21;/h2-5H,6-10H2,1H3;1H/p-1. The molecule has 0 spiro atoms. The van der Waals surface area contributed by atoms with E-state index in [4.69, 9.17) is 0 Å². The summed E-state index contributed by atoms with van der Waals surface area (Å²) in [5.41, 5.74) is 0.766. The third-order valence-corrected chi connectivity index (χ3v) is 4.03. The molecule has 0 saturated carbocycles. The van der Waals surface area contributed by atoms with Crippen molar-refractivity contribution in [2.24, 2.45) is 0 Å². The van der Waals surface area contributed by atoms with Gasteiger partial charge in [-0.1, -0.05) is 12.1 Å². The number of carbonyl (C=O) groups is 3. The Morgan fingerprint density at radius 2 is 1.50 bits per heavy atom. The lowest BCUT2D eigenvalue weighted by molar-refractivity contribution is -0.133. The van der Waals surface area contributed by atoms with E-state index in [1.165, 1.54) is 0 Å². The van der Waals surface area contributed by atoms with Gasteiger partial charge >= 0.3 is 0 Å². The molecule has 22 heavy (non-hydrogen) atoms. The Balaban J connectivity index is 0.00000176. The molecule has 0 bridgehead atoms. The van der Waals surface area contributed by atoms with Crippen molar-refractivity contribution in [2.75, 3.05) is 39.8 Å². The van der Waals surface area contributed by atoms with Gasteiger partial charge in [0.25, 0.3) is 11.8 Å². The first-order valence-electron chi connectivity index (χ1n) is 6.99. The third-order valence-electron chi connectivity index (χ3n) is 4.03. The van der Waals surface area contributed by atoms with Crippen LogP contribution in [0.3, 0.4) is 0 Å². The predicted octanol–water partition coefficient (Wildman–Crippen LogP) is -2.94. The summed E-state index contributed by atoms with van der Waals surface area (Å²) < 4.78 is 0. The molecule has 3 amide bonds. The van der Waals surface area contributed by atoms with Gasteiger partial charge in [0, 0.05) is 26.2 Å². The Morgan fingerprint density at radius 3 is 2.00 bits per heavy atom. The molecule has 118 valence electrons. The Labute approximate surface area is 135 Å². The lowest BCUT2D eigenvalue weighted by atomic mass is 10.1. The molecule has 0 aliphatic carbocycles. The van der Waals surface area contributed by atoms with E-state index in [2.05, 4.69) is 4.90 Å². The molecule has 0 unspecified atom stereocenters. The highest BCUT2D eigenvalue weighted by atomic mass is 35.5. The first-order valence-corrected chi connectivity index (χ1v) is 6.99. The van der Waals surface area contributed by atoms with E-state index in [1.54, 1.807) is 29.2 Å². The molecule has 7 heteroatoms. The molecular formula is C15H17ClN3O3-. The normalized spacial score (nSPS) is 18.2. The number of likely N-dealkylation sites (N-methyl/N-ethyl adjacent to an activating group) is 1. The fraction of sp³-hybridized carbons (Fsp3) is 0.400. The number of benzene rings is 1. The Morgan fingerprint density at radius 1 is 1.00 bits per heavy atom. The minimum Gasteiger partial charge on any atom is -1.00 e. The molecule has 2 heterocycles. The molecule has 1 aromatic carbocycles. The third kappa shape index (κ3) is 2.84. The molecule has 2 aliphatic heterocycles. The lowest BCUT2D eigenvalue weighted by Gasteiger charge is -2.33. The summed E-state index contributed by atoms with van der Waals surface area (Å²) in [6.45, 7) is 2.73. The van der Waals surface area contributed by atoms with Gasteiger partial charge in [-0.05, 0) is 19.2 Å². The lowest BCUT2D eigenvalue weighted by Crippen LogP contribution is -3.00. The van der Waals surface area contributed by atoms with Crippen LogP contribution in [-0.4, -0.2) is 72.2 Å². The van der Waals surface area contributed by atoms with E-state index in [9.17, 15) is 14.4 Å². The summed E-state index contributed by atoms with van der Waals surface area (Å²) in [5.74, 6) is -0.922. The van der Waals surface area contributed by atoms with E-state index < -0.39 is 0 Å². The molecule has 1 saturated heterocycles. The fourth-order valence-corrected chi connectivity index (χ4v) is 2.67. The second-order valence-electron chi connectivity index (χ2n) is 5.43. The van der Waals surface area contributed by atoms with Crippen LogP contribution in [0, 0.1) is 0 Å². The van der Waals surface area contributed by atoms with Crippen molar-refractivity contribution >= 4 is 17.7 Å². The van der Waals surface area contributed by atoms with E-state index in [0.717, 1.165) is 18.0 Å². The van der Waals surface area contributed by atoms with Gasteiger partial charge in [-0.25, -0.2) is 0 Å². The molecule has 0 aromatic heterocycles. The number of rotatable bonds is 2. The fourth-order valence-electron chi connectivity index (χ4n) is 2.67. The second-order valence-corrected chi connectivity index (χ2v) is 5.43. The van der Waals surface area contributed by atoms with Crippen molar-refractivity contribution < 1.29 is 26.8 Å². The number of halogens is 1. The SMILES string of the molecule is CN1CCN(C(=O)CN2C(=O)c3ccccc3C2=O)CC1.[Cl-]. The maximum Gasteiger partial charge on any atom is 0.262 e. The molecular weight excluding hydrogens is 306 g/mol. The molecule has 0 atom stereocenters. The Kier molecular flexibility index (Phi) is 4.83. The highest BCUT2D eigenvalue weighted by Crippen LogP contribution is 2.22. The van der Waals surface area contributed by atoms with Gasteiger partial charge in [0.15, 0.2) is 0 Å². The van der Waals surface area contributed by atoms with E-state index in [-0.39, 0.29) is 36.7 Å². The minimum absolute atomic E-state index is 0. The Hall–Kier alpha value is -1.92. The average molecular weight is 323 g/mol. The first-order chi connectivity index (χ1) is 10.1. The number of imide groups is 1. The number of amides is 3. The maximum absolute atomic E-state index is 12.3. The molecule has 0 radical (unpaired) electrons. The summed E-state index contributed by atoms with van der Waals surface area (Å²) in [6, 6.07) is 6.68. The summed E-state index contributed by atoms with van der Waals surface area (Å²) >= 11 is 0. The number of piperazine rings is 1. The quantitative estimate of drug-likeness (QED) is 0.547. The van der Waals surface area contributed by atoms with Crippen LogP contribution >= 0.6 is 0 Å². The summed E-state index contributed by atoms with van der Waals surface area (Å²) in [4.78, 5) is 41.6. The predicted molar refractivity (Wildman–Crippen MR) is 75.9 cm³/mol. The zero-order valence-electron chi connectivity index (χ0n) is 12.3. The van der Waals surface area contributed by atoms with E-state index in [0.29, 0.717) is 24.2 Å². The highest BCUT2D eigenvalue weighted by Gasteiger charge is 2.37. The van der Waals surface area contributed by atoms with E-state index in [1.807, 2.05) is 7.05 Å². The van der Waals surface area contributed by atoms with Gasteiger partial charge in [0.1, 0.15) is 6.54 Å². The van der Waals surface area contributed by atoms with Gasteiger partial charge in [-0.2, -0.15) is 0 Å². The maximum atomic E-state index is 12.3. The van der Waals surface area contributed by atoms with Crippen molar-refractivity contribution in [3.63, 3.8) is 0 Å². The van der Waals surface area contributed by atoms with Crippen LogP contribution < -0.4 is 12.4 Å². The van der Waals surface area contributed by atoms with Gasteiger partial charge in [0.2, 0.25) is 5.91 Å². The molecule has 1 aromatic rings. The average Bonchev–Trinajstić information content (AvgIpc) is 2.73. The Bertz CT molecular complexity index is 577. The van der Waals surface area contributed by atoms with Gasteiger partial charge in [0.05, 0.1) is 11.1 Å². The van der Waals surface area contributed by atoms with Crippen LogP contribution in [0.1, 0.15) is 20.7 Å². The molecule has 6 nitrogen and oxygen atoms in total. The van der Waals surface area contributed by atoms with Gasteiger partial charge < -0.3 is 22.2 Å². The van der Waals surface area contributed by atoms with Crippen molar-refractivity contribution in [3.05, 3.63) is 35.4 Å². The smallest absolute Gasteiger partial charge is 0.262 e. The molecule has 2 aliphatic rings. The topological polar surface area (TPSA) is 60.9 Å². The zero-order valence-corrected chi connectivity index (χ0v) is 13.0. The van der Waals surface area contributed by atoms with Gasteiger partial charge in [-0.3, -0.25) is 19.3 Å². The summed E-state index contributed by atoms with van der Waals surface area (Å²) in [7, 11) is 2.01. The first kappa shape index (κ1) is 16.5. The van der Waals surface area contributed by atoms with Crippen molar-refractivity contribution in [2.45, 2.75) is 0 Å². The number of hydrogen-bond donors (Lipinski definition) is 0. The minimum atomic E-state index is -0.377. The monoisotopic (exact) mass is 322 g/mol. The van der Waals surface area contributed by atoms with Crippen LogP contribution in [-0.2, 0) is 4.79 Å². The number of nitrogens with zero attached hydrogens (tertiary/aromatic N) is 3.